The van der Waals surface area contributed by atoms with Gasteiger partial charge in [-0.15, -0.1) is 0 Å². The normalized spacial score (nSPS) is 26.4. The van der Waals surface area contributed by atoms with Crippen LogP contribution >= 0.6 is 0 Å². The van der Waals surface area contributed by atoms with Crippen molar-refractivity contribution in [3.8, 4) is 5.75 Å². The highest BCUT2D eigenvalue weighted by Crippen LogP contribution is 2.36. The van der Waals surface area contributed by atoms with Gasteiger partial charge in [-0.25, -0.2) is 0 Å². The van der Waals surface area contributed by atoms with Crippen LogP contribution in [0.25, 0.3) is 0 Å². The molecule has 2 aliphatic rings. The predicted octanol–water partition coefficient (Wildman–Crippen LogP) is 2.54. The quantitative estimate of drug-likeness (QED) is 0.859. The van der Waals surface area contributed by atoms with Crippen LogP contribution in [-0.2, 0) is 11.2 Å². The maximum Gasteiger partial charge on any atom is 0.119 e. The summed E-state index contributed by atoms with van der Waals surface area (Å²) in [7, 11) is 0. The van der Waals surface area contributed by atoms with Crippen molar-refractivity contribution in [2.45, 2.75) is 44.2 Å². The molecular weight excluding hydrogens is 226 g/mol. The molecular formula is C15H21NO2. The standard InChI is InChI=1S/C15H21NO2/c17-15-5-1-4-12-13(15)6-7-14(12)16-9-8-11-3-2-10-18-11/h1,4-5,11,14,16-17H,2-3,6-10H2. The van der Waals surface area contributed by atoms with Gasteiger partial charge in [-0.2, -0.15) is 0 Å². The lowest BCUT2D eigenvalue weighted by Gasteiger charge is -2.16. The molecule has 3 nitrogen and oxygen atoms in total. The van der Waals surface area contributed by atoms with E-state index in [1.807, 2.05) is 6.07 Å². The van der Waals surface area contributed by atoms with E-state index in [4.69, 9.17) is 4.74 Å². The van der Waals surface area contributed by atoms with Gasteiger partial charge in [-0.3, -0.25) is 0 Å². The summed E-state index contributed by atoms with van der Waals surface area (Å²) in [4.78, 5) is 0. The molecule has 98 valence electrons. The number of hydrogen-bond acceptors (Lipinski definition) is 3. The van der Waals surface area contributed by atoms with Crippen LogP contribution in [0.5, 0.6) is 5.75 Å². The Balaban J connectivity index is 1.54. The van der Waals surface area contributed by atoms with Crippen LogP contribution in [0.15, 0.2) is 18.2 Å². The van der Waals surface area contributed by atoms with Crippen molar-refractivity contribution in [2.24, 2.45) is 0 Å². The number of benzene rings is 1. The van der Waals surface area contributed by atoms with Gasteiger partial charge in [-0.05, 0) is 55.8 Å². The van der Waals surface area contributed by atoms with E-state index in [2.05, 4.69) is 11.4 Å². The van der Waals surface area contributed by atoms with Crippen molar-refractivity contribution in [1.82, 2.24) is 5.32 Å². The SMILES string of the molecule is Oc1cccc2c1CCC2NCCC1CCCO1. The molecule has 3 heteroatoms. The third-order valence-electron chi connectivity index (χ3n) is 4.13. The third-order valence-corrected chi connectivity index (χ3v) is 4.13. The Kier molecular flexibility index (Phi) is 3.52. The highest BCUT2D eigenvalue weighted by atomic mass is 16.5. The molecule has 2 unspecified atom stereocenters. The number of rotatable bonds is 4. The molecule has 1 aromatic carbocycles. The lowest BCUT2D eigenvalue weighted by atomic mass is 10.1. The first-order valence-electron chi connectivity index (χ1n) is 7.00. The fraction of sp³-hybridized carbons (Fsp3) is 0.600. The fourth-order valence-corrected chi connectivity index (χ4v) is 3.14. The molecule has 1 aromatic rings. The summed E-state index contributed by atoms with van der Waals surface area (Å²) in [6, 6.07) is 6.27. The number of phenolic OH excluding ortho intramolecular Hbond substituents is 1. The molecule has 1 saturated heterocycles. The number of nitrogens with one attached hydrogen (secondary N) is 1. The van der Waals surface area contributed by atoms with Gasteiger partial charge in [0, 0.05) is 12.6 Å². The summed E-state index contributed by atoms with van der Waals surface area (Å²) in [6.45, 7) is 1.94. The Labute approximate surface area is 108 Å². The molecule has 0 saturated carbocycles. The zero-order valence-electron chi connectivity index (χ0n) is 10.7. The van der Waals surface area contributed by atoms with Crippen LogP contribution in [0.1, 0.15) is 42.9 Å². The second-order valence-corrected chi connectivity index (χ2v) is 5.31. The summed E-state index contributed by atoms with van der Waals surface area (Å²) in [5.41, 5.74) is 2.41. The first-order valence-corrected chi connectivity index (χ1v) is 7.00. The molecule has 1 aliphatic carbocycles. The zero-order valence-corrected chi connectivity index (χ0v) is 10.7. The number of phenols is 1. The van der Waals surface area contributed by atoms with Crippen LogP contribution in [0.4, 0.5) is 0 Å². The monoisotopic (exact) mass is 247 g/mol. The molecule has 18 heavy (non-hydrogen) atoms. The Morgan fingerprint density at radius 1 is 1.33 bits per heavy atom. The van der Waals surface area contributed by atoms with Gasteiger partial charge < -0.3 is 15.2 Å². The second-order valence-electron chi connectivity index (χ2n) is 5.31. The predicted molar refractivity (Wildman–Crippen MR) is 70.8 cm³/mol. The zero-order chi connectivity index (χ0) is 12.4. The number of aromatic hydroxyl groups is 1. The Hall–Kier alpha value is -1.06. The summed E-state index contributed by atoms with van der Waals surface area (Å²) in [5, 5.41) is 13.4. The lowest BCUT2D eigenvalue weighted by molar-refractivity contribution is 0.103. The summed E-state index contributed by atoms with van der Waals surface area (Å²) >= 11 is 0. The van der Waals surface area contributed by atoms with Crippen molar-refractivity contribution < 1.29 is 9.84 Å². The maximum atomic E-state index is 9.80. The van der Waals surface area contributed by atoms with E-state index in [1.54, 1.807) is 6.07 Å². The van der Waals surface area contributed by atoms with Crippen molar-refractivity contribution in [1.29, 1.82) is 0 Å². The molecule has 0 spiro atoms. The van der Waals surface area contributed by atoms with Gasteiger partial charge in [0.1, 0.15) is 5.75 Å². The molecule has 0 bridgehead atoms. The molecule has 3 rings (SSSR count). The minimum atomic E-state index is 0.411. The third kappa shape index (κ3) is 2.38. The number of ether oxygens (including phenoxy) is 1. The highest BCUT2D eigenvalue weighted by molar-refractivity contribution is 5.44. The van der Waals surface area contributed by atoms with Gasteiger partial charge in [0.15, 0.2) is 0 Å². The lowest BCUT2D eigenvalue weighted by Crippen LogP contribution is -2.23. The molecule has 1 aliphatic heterocycles. The van der Waals surface area contributed by atoms with E-state index in [-0.39, 0.29) is 0 Å². The Morgan fingerprint density at radius 2 is 2.28 bits per heavy atom. The minimum absolute atomic E-state index is 0.411. The van der Waals surface area contributed by atoms with Crippen LogP contribution in [0, 0.1) is 0 Å². The molecule has 1 fully saturated rings. The molecule has 2 atom stereocenters. The molecule has 1 heterocycles. The van der Waals surface area contributed by atoms with Crippen molar-refractivity contribution in [3.05, 3.63) is 29.3 Å². The number of hydrogen-bond donors (Lipinski definition) is 2. The molecule has 2 N–H and O–H groups in total. The summed E-state index contributed by atoms with van der Waals surface area (Å²) < 4.78 is 5.63. The Morgan fingerprint density at radius 3 is 3.11 bits per heavy atom. The summed E-state index contributed by atoms with van der Waals surface area (Å²) in [5.74, 6) is 0.455. The van der Waals surface area contributed by atoms with E-state index >= 15 is 0 Å². The van der Waals surface area contributed by atoms with Crippen molar-refractivity contribution in [3.63, 3.8) is 0 Å². The largest absolute Gasteiger partial charge is 0.508 e. The molecule has 0 amide bonds. The second kappa shape index (κ2) is 5.29. The van der Waals surface area contributed by atoms with Gasteiger partial charge in [0.25, 0.3) is 0 Å². The fourth-order valence-electron chi connectivity index (χ4n) is 3.14. The highest BCUT2D eigenvalue weighted by Gasteiger charge is 2.24. The van der Waals surface area contributed by atoms with Crippen LogP contribution in [-0.4, -0.2) is 24.4 Å². The average Bonchev–Trinajstić information content (AvgIpc) is 3.00. The minimum Gasteiger partial charge on any atom is -0.508 e. The van der Waals surface area contributed by atoms with Crippen molar-refractivity contribution >= 4 is 0 Å². The first kappa shape index (κ1) is 12.0. The van der Waals surface area contributed by atoms with Gasteiger partial charge in [-0.1, -0.05) is 12.1 Å². The van der Waals surface area contributed by atoms with E-state index in [0.717, 1.165) is 38.0 Å². The van der Waals surface area contributed by atoms with E-state index in [0.29, 0.717) is 17.9 Å². The van der Waals surface area contributed by atoms with E-state index in [9.17, 15) is 5.11 Å². The first-order chi connectivity index (χ1) is 8.84. The molecule has 0 radical (unpaired) electrons. The van der Waals surface area contributed by atoms with Gasteiger partial charge in [0.2, 0.25) is 0 Å². The average molecular weight is 247 g/mol. The smallest absolute Gasteiger partial charge is 0.119 e. The van der Waals surface area contributed by atoms with Gasteiger partial charge >= 0.3 is 0 Å². The van der Waals surface area contributed by atoms with Gasteiger partial charge in [0.05, 0.1) is 6.10 Å². The van der Waals surface area contributed by atoms with Crippen LogP contribution in [0.3, 0.4) is 0 Å². The van der Waals surface area contributed by atoms with Crippen molar-refractivity contribution in [2.75, 3.05) is 13.2 Å². The van der Waals surface area contributed by atoms with E-state index in [1.165, 1.54) is 18.4 Å². The van der Waals surface area contributed by atoms with Crippen LogP contribution < -0.4 is 5.32 Å². The topological polar surface area (TPSA) is 41.5 Å². The number of fused-ring (bicyclic) bond motifs is 1. The Bertz CT molecular complexity index is 413. The summed E-state index contributed by atoms with van der Waals surface area (Å²) in [6.07, 6.45) is 6.07. The van der Waals surface area contributed by atoms with Crippen LogP contribution in [0.2, 0.25) is 0 Å². The maximum absolute atomic E-state index is 9.80. The molecule has 0 aromatic heterocycles. The van der Waals surface area contributed by atoms with E-state index < -0.39 is 0 Å².